The summed E-state index contributed by atoms with van der Waals surface area (Å²) in [6, 6.07) is 11.4. The molecule has 2 aromatic rings. The minimum Gasteiger partial charge on any atom is -0.346 e. The highest BCUT2D eigenvalue weighted by Crippen LogP contribution is 2.17. The van der Waals surface area contributed by atoms with E-state index in [2.05, 4.69) is 10.3 Å². The Labute approximate surface area is 124 Å². The molecular weight excluding hydrogens is 272 g/mol. The Morgan fingerprint density at radius 1 is 1.30 bits per heavy atom. The molecule has 0 aliphatic carbocycles. The normalized spacial score (nSPS) is 13.9. The number of alkyl halides is 1. The zero-order valence-electron chi connectivity index (χ0n) is 11.8. The summed E-state index contributed by atoms with van der Waals surface area (Å²) in [6.45, 7) is 4.05. The van der Waals surface area contributed by atoms with Crippen molar-refractivity contribution in [1.82, 2.24) is 10.3 Å². The van der Waals surface area contributed by atoms with Gasteiger partial charge in [-0.1, -0.05) is 31.2 Å². The SMILES string of the molecule is CCC(C)(CCCl)NC(=O)c1ccc2ccccc2n1. The third-order valence-electron chi connectivity index (χ3n) is 3.67. The standard InChI is InChI=1S/C16H19ClN2O/c1-3-16(2,10-11-17)19-15(20)14-9-8-12-6-4-5-7-13(12)18-14/h4-9H,3,10-11H2,1-2H3,(H,19,20). The van der Waals surface area contributed by atoms with Gasteiger partial charge in [0.25, 0.3) is 5.91 Å². The zero-order chi connectivity index (χ0) is 14.6. The smallest absolute Gasteiger partial charge is 0.270 e. The molecule has 0 saturated heterocycles. The van der Waals surface area contributed by atoms with Crippen molar-refractivity contribution in [2.75, 3.05) is 5.88 Å². The first-order valence-corrected chi connectivity index (χ1v) is 7.36. The van der Waals surface area contributed by atoms with E-state index in [0.717, 1.165) is 23.7 Å². The summed E-state index contributed by atoms with van der Waals surface area (Å²) < 4.78 is 0. The molecule has 0 fully saturated rings. The molecule has 1 heterocycles. The number of amides is 1. The zero-order valence-corrected chi connectivity index (χ0v) is 12.6. The molecule has 1 atom stereocenters. The van der Waals surface area contributed by atoms with Crippen molar-refractivity contribution in [2.45, 2.75) is 32.2 Å². The molecule has 0 aliphatic heterocycles. The number of carbonyl (C=O) groups excluding carboxylic acids is 1. The average Bonchev–Trinajstić information content (AvgIpc) is 2.47. The third-order valence-corrected chi connectivity index (χ3v) is 3.86. The van der Waals surface area contributed by atoms with Gasteiger partial charge >= 0.3 is 0 Å². The monoisotopic (exact) mass is 290 g/mol. The highest BCUT2D eigenvalue weighted by atomic mass is 35.5. The first-order valence-electron chi connectivity index (χ1n) is 6.82. The van der Waals surface area contributed by atoms with Gasteiger partial charge in [0.2, 0.25) is 0 Å². The lowest BCUT2D eigenvalue weighted by Gasteiger charge is -2.28. The van der Waals surface area contributed by atoms with Crippen LogP contribution in [0, 0.1) is 0 Å². The van der Waals surface area contributed by atoms with E-state index in [1.54, 1.807) is 6.07 Å². The van der Waals surface area contributed by atoms with Crippen molar-refractivity contribution >= 4 is 28.4 Å². The molecule has 0 aliphatic rings. The van der Waals surface area contributed by atoms with Crippen molar-refractivity contribution < 1.29 is 4.79 Å². The molecule has 3 nitrogen and oxygen atoms in total. The van der Waals surface area contributed by atoms with E-state index < -0.39 is 0 Å². The van der Waals surface area contributed by atoms with Crippen LogP contribution in [-0.4, -0.2) is 22.3 Å². The summed E-state index contributed by atoms with van der Waals surface area (Å²) in [6.07, 6.45) is 1.57. The molecule has 1 amide bonds. The Bertz CT molecular complexity index is 614. The predicted octanol–water partition coefficient (Wildman–Crippen LogP) is 3.76. The van der Waals surface area contributed by atoms with E-state index in [1.807, 2.05) is 44.2 Å². The van der Waals surface area contributed by atoms with Crippen LogP contribution in [0.3, 0.4) is 0 Å². The molecule has 1 aromatic carbocycles. The summed E-state index contributed by atoms with van der Waals surface area (Å²) in [4.78, 5) is 16.7. The number of pyridine rings is 1. The van der Waals surface area contributed by atoms with E-state index in [4.69, 9.17) is 11.6 Å². The van der Waals surface area contributed by atoms with Gasteiger partial charge in [0.15, 0.2) is 0 Å². The maximum atomic E-state index is 12.3. The lowest BCUT2D eigenvalue weighted by Crippen LogP contribution is -2.46. The second-order valence-electron chi connectivity index (χ2n) is 5.20. The van der Waals surface area contributed by atoms with Crippen molar-refractivity contribution in [3.63, 3.8) is 0 Å². The minimum absolute atomic E-state index is 0.148. The summed E-state index contributed by atoms with van der Waals surface area (Å²) in [5, 5.41) is 4.07. The number of benzene rings is 1. The van der Waals surface area contributed by atoms with Crippen LogP contribution in [0.25, 0.3) is 10.9 Å². The first kappa shape index (κ1) is 14.8. The van der Waals surface area contributed by atoms with Crippen LogP contribution in [0.4, 0.5) is 0 Å². The minimum atomic E-state index is -0.286. The van der Waals surface area contributed by atoms with Crippen molar-refractivity contribution in [1.29, 1.82) is 0 Å². The lowest BCUT2D eigenvalue weighted by atomic mass is 9.95. The van der Waals surface area contributed by atoms with Gasteiger partial charge in [-0.2, -0.15) is 0 Å². The van der Waals surface area contributed by atoms with Crippen LogP contribution in [0.1, 0.15) is 37.2 Å². The summed E-state index contributed by atoms with van der Waals surface area (Å²) in [7, 11) is 0. The molecule has 1 aromatic heterocycles. The first-order chi connectivity index (χ1) is 9.58. The third kappa shape index (κ3) is 3.28. The van der Waals surface area contributed by atoms with Gasteiger partial charge in [-0.05, 0) is 31.9 Å². The Morgan fingerprint density at radius 3 is 2.75 bits per heavy atom. The van der Waals surface area contributed by atoms with Crippen LogP contribution in [0.5, 0.6) is 0 Å². The van der Waals surface area contributed by atoms with Crippen molar-refractivity contribution in [3.8, 4) is 0 Å². The number of halogens is 1. The fourth-order valence-corrected chi connectivity index (χ4v) is 2.48. The number of carbonyl (C=O) groups is 1. The topological polar surface area (TPSA) is 42.0 Å². The van der Waals surface area contributed by atoms with Gasteiger partial charge in [0.1, 0.15) is 5.69 Å². The molecule has 20 heavy (non-hydrogen) atoms. The Kier molecular flexibility index (Phi) is 4.61. The Morgan fingerprint density at radius 2 is 2.05 bits per heavy atom. The maximum absolute atomic E-state index is 12.3. The lowest BCUT2D eigenvalue weighted by molar-refractivity contribution is 0.0896. The summed E-state index contributed by atoms with van der Waals surface area (Å²) in [5.74, 6) is 0.376. The number of fused-ring (bicyclic) bond motifs is 1. The number of hydrogen-bond acceptors (Lipinski definition) is 2. The van der Waals surface area contributed by atoms with Crippen LogP contribution in [-0.2, 0) is 0 Å². The van der Waals surface area contributed by atoms with E-state index in [1.165, 1.54) is 0 Å². The molecule has 0 radical (unpaired) electrons. The number of hydrogen-bond donors (Lipinski definition) is 1. The fourth-order valence-electron chi connectivity index (χ4n) is 2.07. The Balaban J connectivity index is 2.22. The molecule has 1 N–H and O–H groups in total. The van der Waals surface area contributed by atoms with Crippen molar-refractivity contribution in [2.24, 2.45) is 0 Å². The van der Waals surface area contributed by atoms with Gasteiger partial charge < -0.3 is 5.32 Å². The Hall–Kier alpha value is -1.61. The van der Waals surface area contributed by atoms with Gasteiger partial charge in [0, 0.05) is 16.8 Å². The molecule has 0 bridgehead atoms. The molecular formula is C16H19ClN2O. The molecule has 4 heteroatoms. The van der Waals surface area contributed by atoms with E-state index >= 15 is 0 Å². The number of nitrogens with one attached hydrogen (secondary N) is 1. The molecule has 1 unspecified atom stereocenters. The van der Waals surface area contributed by atoms with Crippen LogP contribution in [0.2, 0.25) is 0 Å². The number of rotatable bonds is 5. The van der Waals surface area contributed by atoms with E-state index in [0.29, 0.717) is 11.6 Å². The van der Waals surface area contributed by atoms with Crippen molar-refractivity contribution in [3.05, 3.63) is 42.1 Å². The largest absolute Gasteiger partial charge is 0.346 e. The van der Waals surface area contributed by atoms with Gasteiger partial charge in [-0.25, -0.2) is 4.98 Å². The number of aromatic nitrogens is 1. The number of nitrogens with zero attached hydrogens (tertiary/aromatic N) is 1. The quantitative estimate of drug-likeness (QED) is 0.852. The predicted molar refractivity (Wildman–Crippen MR) is 83.2 cm³/mol. The average molecular weight is 291 g/mol. The molecule has 0 saturated carbocycles. The number of para-hydroxylation sites is 1. The maximum Gasteiger partial charge on any atom is 0.270 e. The molecule has 0 spiro atoms. The second kappa shape index (κ2) is 6.23. The summed E-state index contributed by atoms with van der Waals surface area (Å²) in [5.41, 5.74) is 0.986. The van der Waals surface area contributed by atoms with Gasteiger partial charge in [-0.15, -0.1) is 11.6 Å². The van der Waals surface area contributed by atoms with Crippen LogP contribution >= 0.6 is 11.6 Å². The molecule has 106 valence electrons. The van der Waals surface area contributed by atoms with Gasteiger partial charge in [-0.3, -0.25) is 4.79 Å². The summed E-state index contributed by atoms with van der Waals surface area (Å²) >= 11 is 5.81. The van der Waals surface area contributed by atoms with E-state index in [9.17, 15) is 4.79 Å². The second-order valence-corrected chi connectivity index (χ2v) is 5.57. The highest BCUT2D eigenvalue weighted by molar-refractivity contribution is 6.17. The van der Waals surface area contributed by atoms with Crippen LogP contribution < -0.4 is 5.32 Å². The fraction of sp³-hybridized carbons (Fsp3) is 0.375. The molecule has 2 rings (SSSR count). The van der Waals surface area contributed by atoms with Crippen LogP contribution in [0.15, 0.2) is 36.4 Å². The highest BCUT2D eigenvalue weighted by Gasteiger charge is 2.24. The van der Waals surface area contributed by atoms with Gasteiger partial charge in [0.05, 0.1) is 5.52 Å². The van der Waals surface area contributed by atoms with E-state index in [-0.39, 0.29) is 11.4 Å².